The van der Waals surface area contributed by atoms with Gasteiger partial charge >= 0.3 is 0 Å². The standard InChI is InChI=1S/C14H8F2N6OS/c15-8-1-2-10(16)9(3-8)11-6-24-14(19-11)20-13(23)5-22-7-18-12(4-17)21-22/h1-3,6-7H,5H2,(H,19,20,23). The van der Waals surface area contributed by atoms with Crippen LogP contribution in [0.25, 0.3) is 11.3 Å². The fraction of sp³-hybridized carbons (Fsp3) is 0.0714. The van der Waals surface area contributed by atoms with Gasteiger partial charge in [-0.3, -0.25) is 4.79 Å². The summed E-state index contributed by atoms with van der Waals surface area (Å²) < 4.78 is 28.1. The van der Waals surface area contributed by atoms with Gasteiger partial charge < -0.3 is 5.32 Å². The highest BCUT2D eigenvalue weighted by Crippen LogP contribution is 2.27. The average molecular weight is 346 g/mol. The zero-order valence-corrected chi connectivity index (χ0v) is 12.7. The van der Waals surface area contributed by atoms with E-state index in [1.807, 2.05) is 0 Å². The lowest BCUT2D eigenvalue weighted by Crippen LogP contribution is -2.19. The number of hydrogen-bond acceptors (Lipinski definition) is 6. The van der Waals surface area contributed by atoms with E-state index in [0.717, 1.165) is 29.5 Å². The summed E-state index contributed by atoms with van der Waals surface area (Å²) >= 11 is 1.08. The lowest BCUT2D eigenvalue weighted by Gasteiger charge is -2.01. The summed E-state index contributed by atoms with van der Waals surface area (Å²) in [5.74, 6) is -1.67. The molecule has 0 fully saturated rings. The van der Waals surface area contributed by atoms with Gasteiger partial charge in [0, 0.05) is 10.9 Å². The highest BCUT2D eigenvalue weighted by atomic mass is 32.1. The summed E-state index contributed by atoms with van der Waals surface area (Å²) in [5, 5.41) is 16.6. The molecule has 1 N–H and O–H groups in total. The van der Waals surface area contributed by atoms with Crippen molar-refractivity contribution in [2.45, 2.75) is 6.54 Å². The maximum Gasteiger partial charge on any atom is 0.252 e. The van der Waals surface area contributed by atoms with Crippen molar-refractivity contribution >= 4 is 22.4 Å². The molecule has 0 aliphatic rings. The summed E-state index contributed by atoms with van der Waals surface area (Å²) in [4.78, 5) is 19.6. The van der Waals surface area contributed by atoms with E-state index in [9.17, 15) is 13.6 Å². The molecular weight excluding hydrogens is 338 g/mol. The number of anilines is 1. The molecule has 10 heteroatoms. The summed E-state index contributed by atoms with van der Waals surface area (Å²) in [5.41, 5.74) is 0.238. The molecule has 0 spiro atoms. The number of halogens is 2. The Labute approximate surface area is 138 Å². The number of benzene rings is 1. The van der Waals surface area contributed by atoms with Crippen LogP contribution in [-0.2, 0) is 11.3 Å². The first kappa shape index (κ1) is 15.7. The van der Waals surface area contributed by atoms with Crippen LogP contribution in [0.15, 0.2) is 29.9 Å². The molecule has 3 rings (SSSR count). The maximum absolute atomic E-state index is 13.7. The molecule has 0 bridgehead atoms. The number of amides is 1. The van der Waals surface area contributed by atoms with Crippen LogP contribution in [0.1, 0.15) is 5.82 Å². The summed E-state index contributed by atoms with van der Waals surface area (Å²) in [6.45, 7) is -0.155. The summed E-state index contributed by atoms with van der Waals surface area (Å²) in [6.07, 6.45) is 1.26. The predicted molar refractivity (Wildman–Crippen MR) is 80.8 cm³/mol. The second-order valence-corrected chi connectivity index (χ2v) is 5.45. The molecule has 0 aliphatic carbocycles. The third kappa shape index (κ3) is 3.41. The van der Waals surface area contributed by atoms with Crippen LogP contribution < -0.4 is 5.32 Å². The van der Waals surface area contributed by atoms with Gasteiger partial charge in [0.05, 0.1) is 5.69 Å². The highest BCUT2D eigenvalue weighted by Gasteiger charge is 2.13. The minimum atomic E-state index is -0.605. The third-order valence-corrected chi connectivity index (χ3v) is 3.65. The van der Waals surface area contributed by atoms with Crippen LogP contribution in [0.4, 0.5) is 13.9 Å². The fourth-order valence-corrected chi connectivity index (χ4v) is 2.60. The molecule has 0 radical (unpaired) electrons. The zero-order chi connectivity index (χ0) is 17.1. The van der Waals surface area contributed by atoms with Gasteiger partial charge in [0.1, 0.15) is 30.6 Å². The van der Waals surface area contributed by atoms with Gasteiger partial charge in [0.2, 0.25) is 5.91 Å². The van der Waals surface area contributed by atoms with E-state index in [4.69, 9.17) is 5.26 Å². The molecule has 2 aromatic heterocycles. The average Bonchev–Trinajstić information content (AvgIpc) is 3.19. The predicted octanol–water partition coefficient (Wildman–Crippen LogP) is 2.19. The number of nitrogens with zero attached hydrogens (tertiary/aromatic N) is 5. The highest BCUT2D eigenvalue weighted by molar-refractivity contribution is 7.14. The lowest BCUT2D eigenvalue weighted by atomic mass is 10.1. The summed E-state index contributed by atoms with van der Waals surface area (Å²) in [6, 6.07) is 4.82. The number of carbonyl (C=O) groups excluding carboxylic acids is 1. The smallest absolute Gasteiger partial charge is 0.252 e. The Bertz CT molecular complexity index is 945. The monoisotopic (exact) mass is 346 g/mol. The van der Waals surface area contributed by atoms with Crippen LogP contribution in [0.5, 0.6) is 0 Å². The van der Waals surface area contributed by atoms with E-state index in [2.05, 4.69) is 20.4 Å². The van der Waals surface area contributed by atoms with Crippen molar-refractivity contribution in [3.8, 4) is 17.3 Å². The van der Waals surface area contributed by atoms with E-state index in [1.165, 1.54) is 16.4 Å². The first-order valence-electron chi connectivity index (χ1n) is 6.55. The van der Waals surface area contributed by atoms with Crippen LogP contribution in [0.3, 0.4) is 0 Å². The molecule has 0 saturated carbocycles. The van der Waals surface area contributed by atoms with Gasteiger partial charge in [-0.1, -0.05) is 0 Å². The van der Waals surface area contributed by atoms with Gasteiger partial charge in [-0.15, -0.1) is 16.4 Å². The van der Waals surface area contributed by atoms with Crippen molar-refractivity contribution in [1.29, 1.82) is 5.26 Å². The van der Waals surface area contributed by atoms with Crippen molar-refractivity contribution in [3.05, 3.63) is 47.4 Å². The van der Waals surface area contributed by atoms with Crippen LogP contribution in [0.2, 0.25) is 0 Å². The molecular formula is C14H8F2N6OS. The summed E-state index contributed by atoms with van der Waals surface area (Å²) in [7, 11) is 0. The van der Waals surface area contributed by atoms with Crippen LogP contribution >= 0.6 is 11.3 Å². The quantitative estimate of drug-likeness (QED) is 0.781. The Morgan fingerprint density at radius 3 is 3.00 bits per heavy atom. The fourth-order valence-electron chi connectivity index (χ4n) is 1.88. The van der Waals surface area contributed by atoms with Gasteiger partial charge in [0.15, 0.2) is 5.13 Å². The molecule has 0 atom stereocenters. The number of nitriles is 1. The third-order valence-electron chi connectivity index (χ3n) is 2.90. The van der Waals surface area contributed by atoms with E-state index in [1.54, 1.807) is 6.07 Å². The Morgan fingerprint density at radius 2 is 2.25 bits per heavy atom. The minimum absolute atomic E-state index is 0.0155. The molecule has 1 aromatic carbocycles. The lowest BCUT2D eigenvalue weighted by molar-refractivity contribution is -0.116. The van der Waals surface area contributed by atoms with Gasteiger partial charge in [0.25, 0.3) is 5.82 Å². The molecule has 0 aliphatic heterocycles. The molecule has 120 valence electrons. The van der Waals surface area contributed by atoms with E-state index in [0.29, 0.717) is 0 Å². The topological polar surface area (TPSA) is 96.5 Å². The molecule has 0 saturated heterocycles. The van der Waals surface area contributed by atoms with E-state index < -0.39 is 17.5 Å². The molecule has 0 unspecified atom stereocenters. The Kier molecular flexibility index (Phi) is 4.26. The molecule has 2 heterocycles. The zero-order valence-electron chi connectivity index (χ0n) is 11.9. The molecule has 24 heavy (non-hydrogen) atoms. The van der Waals surface area contributed by atoms with E-state index >= 15 is 0 Å². The van der Waals surface area contributed by atoms with Crippen molar-refractivity contribution in [2.75, 3.05) is 5.32 Å². The van der Waals surface area contributed by atoms with Crippen molar-refractivity contribution in [1.82, 2.24) is 19.7 Å². The Morgan fingerprint density at radius 1 is 1.42 bits per heavy atom. The number of carbonyl (C=O) groups is 1. The van der Waals surface area contributed by atoms with Crippen LogP contribution in [0, 0.1) is 23.0 Å². The second kappa shape index (κ2) is 6.51. The SMILES string of the molecule is N#Cc1ncn(CC(=O)Nc2nc(-c3cc(F)ccc3F)cs2)n1. The number of hydrogen-bond donors (Lipinski definition) is 1. The number of thiazole rings is 1. The van der Waals surface area contributed by atoms with E-state index in [-0.39, 0.29) is 28.8 Å². The maximum atomic E-state index is 13.7. The van der Waals surface area contributed by atoms with Crippen LogP contribution in [-0.4, -0.2) is 25.7 Å². The second-order valence-electron chi connectivity index (χ2n) is 4.59. The normalized spacial score (nSPS) is 10.4. The number of rotatable bonds is 4. The minimum Gasteiger partial charge on any atom is -0.300 e. The van der Waals surface area contributed by atoms with Gasteiger partial charge in [-0.25, -0.2) is 23.4 Å². The first-order chi connectivity index (χ1) is 11.5. The van der Waals surface area contributed by atoms with Crippen molar-refractivity contribution in [2.24, 2.45) is 0 Å². The molecule has 3 aromatic rings. The van der Waals surface area contributed by atoms with Gasteiger partial charge in [-0.05, 0) is 18.2 Å². The Hall–Kier alpha value is -3.19. The Balaban J connectivity index is 1.70. The largest absolute Gasteiger partial charge is 0.300 e. The molecule has 1 amide bonds. The number of nitrogens with one attached hydrogen (secondary N) is 1. The van der Waals surface area contributed by atoms with Gasteiger partial charge in [-0.2, -0.15) is 5.26 Å². The number of aromatic nitrogens is 4. The first-order valence-corrected chi connectivity index (χ1v) is 7.43. The van der Waals surface area contributed by atoms with Crippen molar-refractivity contribution < 1.29 is 13.6 Å². The molecule has 7 nitrogen and oxygen atoms in total. The van der Waals surface area contributed by atoms with Crippen molar-refractivity contribution in [3.63, 3.8) is 0 Å².